The first-order valence-electron chi connectivity index (χ1n) is 5.58. The van der Waals surface area contributed by atoms with Gasteiger partial charge in [-0.2, -0.15) is 0 Å². The monoisotopic (exact) mass is 290 g/mol. The Morgan fingerprint density at radius 1 is 1.56 bits per heavy atom. The number of methoxy groups -OCH3 is 1. The van der Waals surface area contributed by atoms with Crippen molar-refractivity contribution < 1.29 is 9.53 Å². The molecule has 1 aromatic carbocycles. The number of carbonyl (C=O) groups is 1. The fourth-order valence-electron chi connectivity index (χ4n) is 1.88. The van der Waals surface area contributed by atoms with Gasteiger partial charge in [0.1, 0.15) is 5.75 Å². The summed E-state index contributed by atoms with van der Waals surface area (Å²) in [6.45, 7) is 0.905. The van der Waals surface area contributed by atoms with Crippen LogP contribution in [0.3, 0.4) is 0 Å². The topological polar surface area (TPSA) is 50.4 Å². The molecule has 2 rings (SSSR count). The highest BCUT2D eigenvalue weighted by Gasteiger charge is 2.21. The van der Waals surface area contributed by atoms with Crippen LogP contribution in [0.15, 0.2) is 18.2 Å². The first-order chi connectivity index (χ1) is 8.20. The third kappa shape index (κ3) is 3.51. The Morgan fingerprint density at radius 3 is 2.94 bits per heavy atom. The molecule has 1 amide bonds. The Balaban J connectivity index is 0.00000162. The zero-order valence-electron chi connectivity index (χ0n) is 10.0. The molecule has 1 aromatic rings. The summed E-state index contributed by atoms with van der Waals surface area (Å²) in [5.74, 6) is 0.552. The van der Waals surface area contributed by atoms with Crippen molar-refractivity contribution in [1.82, 2.24) is 5.32 Å². The van der Waals surface area contributed by atoms with Gasteiger partial charge in [-0.25, -0.2) is 0 Å². The lowest BCUT2D eigenvalue weighted by molar-refractivity contribution is -0.117. The number of carbonyl (C=O) groups excluding carboxylic acids is 1. The van der Waals surface area contributed by atoms with E-state index in [-0.39, 0.29) is 24.4 Å². The van der Waals surface area contributed by atoms with Gasteiger partial charge < -0.3 is 15.4 Å². The van der Waals surface area contributed by atoms with Crippen molar-refractivity contribution in [2.45, 2.75) is 18.9 Å². The Bertz CT molecular complexity index is 421. The van der Waals surface area contributed by atoms with E-state index in [0.29, 0.717) is 16.5 Å². The number of nitrogens with one attached hydrogen (secondary N) is 2. The number of anilines is 1. The van der Waals surface area contributed by atoms with Gasteiger partial charge in [-0.1, -0.05) is 11.6 Å². The SMILES string of the molecule is COc1cc(NC(=O)[C@@H]2CCCN2)ccc1Cl.Cl. The van der Waals surface area contributed by atoms with Gasteiger partial charge in [-0.3, -0.25) is 4.79 Å². The molecule has 100 valence electrons. The van der Waals surface area contributed by atoms with Crippen molar-refractivity contribution in [2.75, 3.05) is 19.0 Å². The molecule has 1 aliphatic rings. The molecule has 0 bridgehead atoms. The standard InChI is InChI=1S/C12H15ClN2O2.ClH/c1-17-11-7-8(4-5-9(11)13)15-12(16)10-3-2-6-14-10;/h4-5,7,10,14H,2-3,6H2,1H3,(H,15,16);1H/t10-;/m0./s1. The van der Waals surface area contributed by atoms with E-state index < -0.39 is 0 Å². The average molecular weight is 291 g/mol. The van der Waals surface area contributed by atoms with Crippen molar-refractivity contribution in [3.05, 3.63) is 23.2 Å². The van der Waals surface area contributed by atoms with Gasteiger partial charge in [0.15, 0.2) is 0 Å². The van der Waals surface area contributed by atoms with Crippen molar-refractivity contribution in [3.63, 3.8) is 0 Å². The quantitative estimate of drug-likeness (QED) is 0.899. The van der Waals surface area contributed by atoms with Gasteiger partial charge in [-0.05, 0) is 31.5 Å². The van der Waals surface area contributed by atoms with Crippen LogP contribution in [0.2, 0.25) is 5.02 Å². The zero-order chi connectivity index (χ0) is 12.3. The largest absolute Gasteiger partial charge is 0.495 e. The molecular formula is C12H16Cl2N2O2. The predicted octanol–water partition coefficient (Wildman–Crippen LogP) is 2.46. The molecule has 1 saturated heterocycles. The minimum absolute atomic E-state index is 0. The molecule has 6 heteroatoms. The Labute approximate surface area is 117 Å². The van der Waals surface area contributed by atoms with Crippen molar-refractivity contribution in [2.24, 2.45) is 0 Å². The fraction of sp³-hybridized carbons (Fsp3) is 0.417. The second-order valence-corrected chi connectivity index (χ2v) is 4.39. The number of amides is 1. The number of hydrogen-bond donors (Lipinski definition) is 2. The molecule has 1 atom stereocenters. The molecule has 4 nitrogen and oxygen atoms in total. The highest BCUT2D eigenvalue weighted by molar-refractivity contribution is 6.32. The predicted molar refractivity (Wildman–Crippen MR) is 74.9 cm³/mol. The summed E-state index contributed by atoms with van der Waals surface area (Å²) in [4.78, 5) is 11.9. The molecule has 1 heterocycles. The van der Waals surface area contributed by atoms with Gasteiger partial charge in [-0.15, -0.1) is 12.4 Å². The van der Waals surface area contributed by atoms with Gasteiger partial charge in [0.2, 0.25) is 5.91 Å². The van der Waals surface area contributed by atoms with E-state index in [1.807, 2.05) is 0 Å². The lowest BCUT2D eigenvalue weighted by Gasteiger charge is -2.12. The molecule has 0 spiro atoms. The fourth-order valence-corrected chi connectivity index (χ4v) is 2.07. The van der Waals surface area contributed by atoms with E-state index in [4.69, 9.17) is 16.3 Å². The van der Waals surface area contributed by atoms with Crippen LogP contribution in [0.4, 0.5) is 5.69 Å². The molecule has 1 fully saturated rings. The number of ether oxygens (including phenoxy) is 1. The summed E-state index contributed by atoms with van der Waals surface area (Å²) in [5, 5.41) is 6.52. The zero-order valence-corrected chi connectivity index (χ0v) is 11.6. The minimum atomic E-state index is -0.0864. The van der Waals surface area contributed by atoms with Crippen LogP contribution in [0, 0.1) is 0 Å². The smallest absolute Gasteiger partial charge is 0.241 e. The Morgan fingerprint density at radius 2 is 2.33 bits per heavy atom. The van der Waals surface area contributed by atoms with Crippen LogP contribution in [-0.2, 0) is 4.79 Å². The van der Waals surface area contributed by atoms with Crippen LogP contribution in [-0.4, -0.2) is 25.6 Å². The van der Waals surface area contributed by atoms with Crippen LogP contribution < -0.4 is 15.4 Å². The van der Waals surface area contributed by atoms with Crippen LogP contribution in [0.1, 0.15) is 12.8 Å². The maximum Gasteiger partial charge on any atom is 0.241 e. The molecular weight excluding hydrogens is 275 g/mol. The summed E-state index contributed by atoms with van der Waals surface area (Å²) in [5.41, 5.74) is 0.699. The summed E-state index contributed by atoms with van der Waals surface area (Å²) in [6.07, 6.45) is 1.93. The Hall–Kier alpha value is -0.970. The number of rotatable bonds is 3. The third-order valence-electron chi connectivity index (χ3n) is 2.80. The molecule has 0 aliphatic carbocycles. The molecule has 0 unspecified atom stereocenters. The molecule has 18 heavy (non-hydrogen) atoms. The highest BCUT2D eigenvalue weighted by Crippen LogP contribution is 2.27. The van der Waals surface area contributed by atoms with Crippen molar-refractivity contribution >= 4 is 35.6 Å². The van der Waals surface area contributed by atoms with E-state index in [0.717, 1.165) is 19.4 Å². The van der Waals surface area contributed by atoms with Crippen molar-refractivity contribution in [1.29, 1.82) is 0 Å². The lowest BCUT2D eigenvalue weighted by atomic mass is 10.2. The van der Waals surface area contributed by atoms with Crippen LogP contribution in [0.25, 0.3) is 0 Å². The van der Waals surface area contributed by atoms with Gasteiger partial charge in [0, 0.05) is 11.8 Å². The summed E-state index contributed by atoms with van der Waals surface area (Å²) in [6, 6.07) is 5.10. The number of benzene rings is 1. The van der Waals surface area contributed by atoms with E-state index in [1.165, 1.54) is 0 Å². The minimum Gasteiger partial charge on any atom is -0.495 e. The maximum atomic E-state index is 11.9. The molecule has 0 saturated carbocycles. The van der Waals surface area contributed by atoms with Crippen molar-refractivity contribution in [3.8, 4) is 5.75 Å². The molecule has 0 radical (unpaired) electrons. The lowest BCUT2D eigenvalue weighted by Crippen LogP contribution is -2.35. The van der Waals surface area contributed by atoms with Gasteiger partial charge >= 0.3 is 0 Å². The highest BCUT2D eigenvalue weighted by atomic mass is 35.5. The van der Waals surface area contributed by atoms with Crippen LogP contribution in [0.5, 0.6) is 5.75 Å². The number of halogens is 2. The van der Waals surface area contributed by atoms with E-state index in [1.54, 1.807) is 25.3 Å². The average Bonchev–Trinajstić information content (AvgIpc) is 2.85. The molecule has 2 N–H and O–H groups in total. The van der Waals surface area contributed by atoms with Crippen LogP contribution >= 0.6 is 24.0 Å². The third-order valence-corrected chi connectivity index (χ3v) is 3.11. The number of hydrogen-bond acceptors (Lipinski definition) is 3. The summed E-state index contributed by atoms with van der Waals surface area (Å²) < 4.78 is 5.09. The van der Waals surface area contributed by atoms with E-state index >= 15 is 0 Å². The summed E-state index contributed by atoms with van der Waals surface area (Å²) in [7, 11) is 1.55. The first kappa shape index (κ1) is 15.1. The second-order valence-electron chi connectivity index (χ2n) is 3.99. The maximum absolute atomic E-state index is 11.9. The second kappa shape index (κ2) is 6.83. The van der Waals surface area contributed by atoms with Gasteiger partial charge in [0.05, 0.1) is 18.2 Å². The van der Waals surface area contributed by atoms with E-state index in [2.05, 4.69) is 10.6 Å². The Kier molecular flexibility index (Phi) is 5.72. The normalized spacial score (nSPS) is 18.0. The van der Waals surface area contributed by atoms with E-state index in [9.17, 15) is 4.79 Å². The first-order valence-corrected chi connectivity index (χ1v) is 5.96. The summed E-state index contributed by atoms with van der Waals surface area (Å²) >= 11 is 5.91. The molecule has 0 aromatic heterocycles. The van der Waals surface area contributed by atoms with Gasteiger partial charge in [0.25, 0.3) is 0 Å². The molecule has 1 aliphatic heterocycles.